The van der Waals surface area contributed by atoms with Crippen molar-refractivity contribution in [3.63, 3.8) is 0 Å². The van der Waals surface area contributed by atoms with E-state index in [0.29, 0.717) is 16.6 Å². The molecule has 0 heterocycles. The summed E-state index contributed by atoms with van der Waals surface area (Å²) < 4.78 is 13.7. The Morgan fingerprint density at radius 3 is 2.76 bits per heavy atom. The molecule has 1 rings (SSSR count). The molecule has 0 aliphatic carbocycles. The van der Waals surface area contributed by atoms with Crippen LogP contribution in [0.1, 0.15) is 25.3 Å². The van der Waals surface area contributed by atoms with E-state index < -0.39 is 17.8 Å². The van der Waals surface area contributed by atoms with Gasteiger partial charge in [-0.2, -0.15) is 0 Å². The molecule has 3 nitrogen and oxygen atoms in total. The van der Waals surface area contributed by atoms with Gasteiger partial charge in [-0.3, -0.25) is 0 Å². The van der Waals surface area contributed by atoms with Gasteiger partial charge in [0.2, 0.25) is 0 Å². The van der Waals surface area contributed by atoms with Crippen molar-refractivity contribution < 1.29 is 14.3 Å². The molecule has 1 unspecified atom stereocenters. The molecule has 0 aromatic heterocycles. The van der Waals surface area contributed by atoms with Crippen LogP contribution in [0.2, 0.25) is 0 Å². The van der Waals surface area contributed by atoms with E-state index in [2.05, 4.69) is 21.2 Å². The highest BCUT2D eigenvalue weighted by atomic mass is 79.9. The topological polar surface area (TPSA) is 49.3 Å². The van der Waals surface area contributed by atoms with E-state index in [1.807, 2.05) is 6.92 Å². The highest BCUT2D eigenvalue weighted by Gasteiger charge is 2.17. The molecule has 0 aliphatic heterocycles. The summed E-state index contributed by atoms with van der Waals surface area (Å²) in [6.45, 7) is 3.71. The lowest BCUT2D eigenvalue weighted by atomic mass is 10.1. The number of aliphatic carboxylic acids is 1. The van der Waals surface area contributed by atoms with Crippen LogP contribution in [0, 0.1) is 12.7 Å². The molecule has 0 saturated heterocycles. The van der Waals surface area contributed by atoms with Crippen LogP contribution >= 0.6 is 15.9 Å². The van der Waals surface area contributed by atoms with Gasteiger partial charge in [-0.15, -0.1) is 0 Å². The van der Waals surface area contributed by atoms with Crippen LogP contribution in [0.25, 0.3) is 0 Å². The zero-order valence-corrected chi connectivity index (χ0v) is 11.3. The maximum atomic E-state index is 13.4. The fourth-order valence-corrected chi connectivity index (χ4v) is 1.99. The predicted octanol–water partition coefficient (Wildman–Crippen LogP) is 3.56. The molecule has 1 aromatic rings. The fourth-order valence-electron chi connectivity index (χ4n) is 1.54. The third kappa shape index (κ3) is 3.70. The summed E-state index contributed by atoms with van der Waals surface area (Å²) >= 11 is 3.09. The summed E-state index contributed by atoms with van der Waals surface area (Å²) in [6, 6.07) is 2.26. The maximum Gasteiger partial charge on any atom is 0.326 e. The molecule has 1 atom stereocenters. The van der Waals surface area contributed by atoms with Gasteiger partial charge in [0.15, 0.2) is 0 Å². The second-order valence-corrected chi connectivity index (χ2v) is 4.76. The van der Waals surface area contributed by atoms with Crippen LogP contribution in [0.5, 0.6) is 0 Å². The first-order valence-corrected chi connectivity index (χ1v) is 6.20. The maximum absolute atomic E-state index is 13.4. The molecule has 5 heteroatoms. The van der Waals surface area contributed by atoms with Crippen LogP contribution in [0.3, 0.4) is 0 Å². The number of benzene rings is 1. The van der Waals surface area contributed by atoms with E-state index in [1.54, 1.807) is 13.0 Å². The summed E-state index contributed by atoms with van der Waals surface area (Å²) in [7, 11) is 0. The molecule has 94 valence electrons. The van der Waals surface area contributed by atoms with Gasteiger partial charge < -0.3 is 10.4 Å². The summed E-state index contributed by atoms with van der Waals surface area (Å²) in [5.41, 5.74) is 1.33. The number of nitrogens with one attached hydrogen (secondary N) is 1. The Hall–Kier alpha value is -1.10. The lowest BCUT2D eigenvalue weighted by molar-refractivity contribution is -0.138. The number of hydrogen-bond acceptors (Lipinski definition) is 2. The second kappa shape index (κ2) is 6.00. The molecule has 0 radical (unpaired) electrons. The van der Waals surface area contributed by atoms with Gasteiger partial charge in [0.25, 0.3) is 0 Å². The summed E-state index contributed by atoms with van der Waals surface area (Å²) in [4.78, 5) is 11.0. The normalized spacial score (nSPS) is 12.2. The minimum Gasteiger partial charge on any atom is -0.480 e. The van der Waals surface area contributed by atoms with Crippen LogP contribution in [0.15, 0.2) is 16.6 Å². The van der Waals surface area contributed by atoms with E-state index in [9.17, 15) is 9.18 Å². The van der Waals surface area contributed by atoms with Gasteiger partial charge in [0, 0.05) is 5.69 Å². The number of carboxylic acids is 1. The first-order chi connectivity index (χ1) is 7.95. The predicted molar refractivity (Wildman–Crippen MR) is 68.8 cm³/mol. The zero-order chi connectivity index (χ0) is 13.0. The first kappa shape index (κ1) is 14.0. The highest BCUT2D eigenvalue weighted by molar-refractivity contribution is 9.10. The molecule has 2 N–H and O–H groups in total. The van der Waals surface area contributed by atoms with E-state index in [1.165, 1.54) is 6.07 Å². The number of rotatable bonds is 5. The van der Waals surface area contributed by atoms with Crippen molar-refractivity contribution in [2.75, 3.05) is 5.32 Å². The molecule has 1 aromatic carbocycles. The summed E-state index contributed by atoms with van der Waals surface area (Å²) in [5.74, 6) is -1.33. The number of aryl methyl sites for hydroxylation is 1. The Labute approximate surface area is 108 Å². The molecular formula is C12H15BrFNO2. The highest BCUT2D eigenvalue weighted by Crippen LogP contribution is 2.24. The lowest BCUT2D eigenvalue weighted by Gasteiger charge is -2.17. The first-order valence-electron chi connectivity index (χ1n) is 5.40. The molecule has 0 saturated carbocycles. The van der Waals surface area contributed by atoms with Crippen molar-refractivity contribution >= 4 is 27.6 Å². The molecule has 0 amide bonds. The van der Waals surface area contributed by atoms with Crippen molar-refractivity contribution in [2.45, 2.75) is 32.7 Å². The number of hydrogen-bond donors (Lipinski definition) is 2. The van der Waals surface area contributed by atoms with Gasteiger partial charge in [-0.1, -0.05) is 13.3 Å². The van der Waals surface area contributed by atoms with Gasteiger partial charge in [0.05, 0.1) is 4.47 Å². The zero-order valence-electron chi connectivity index (χ0n) is 9.76. The van der Waals surface area contributed by atoms with E-state index in [-0.39, 0.29) is 0 Å². The SMILES string of the molecule is CCCC(Nc1cc(F)c(Br)cc1C)C(=O)O. The van der Waals surface area contributed by atoms with Crippen molar-refractivity contribution in [3.05, 3.63) is 28.0 Å². The molecule has 0 fully saturated rings. The molecule has 17 heavy (non-hydrogen) atoms. The Morgan fingerprint density at radius 1 is 1.59 bits per heavy atom. The number of halogens is 2. The van der Waals surface area contributed by atoms with Crippen molar-refractivity contribution in [1.29, 1.82) is 0 Å². The van der Waals surface area contributed by atoms with E-state index >= 15 is 0 Å². The van der Waals surface area contributed by atoms with Crippen LogP contribution in [-0.2, 0) is 4.79 Å². The minimum atomic E-state index is -0.922. The lowest BCUT2D eigenvalue weighted by Crippen LogP contribution is -2.29. The molecular weight excluding hydrogens is 289 g/mol. The molecule has 0 spiro atoms. The average molecular weight is 304 g/mol. The van der Waals surface area contributed by atoms with Crippen molar-refractivity contribution in [3.8, 4) is 0 Å². The monoisotopic (exact) mass is 303 g/mol. The van der Waals surface area contributed by atoms with Gasteiger partial charge >= 0.3 is 5.97 Å². The van der Waals surface area contributed by atoms with E-state index in [4.69, 9.17) is 5.11 Å². The third-order valence-electron chi connectivity index (χ3n) is 2.47. The van der Waals surface area contributed by atoms with Gasteiger partial charge in [-0.25, -0.2) is 9.18 Å². The smallest absolute Gasteiger partial charge is 0.326 e. The average Bonchev–Trinajstić information content (AvgIpc) is 2.24. The van der Waals surface area contributed by atoms with Crippen molar-refractivity contribution in [2.24, 2.45) is 0 Å². The standard InChI is InChI=1S/C12H15BrFNO2/c1-3-4-10(12(16)17)15-11-6-9(14)8(13)5-7(11)2/h5-6,10,15H,3-4H2,1-2H3,(H,16,17). The van der Waals surface area contributed by atoms with E-state index in [0.717, 1.165) is 12.0 Å². The number of carbonyl (C=O) groups is 1. The second-order valence-electron chi connectivity index (χ2n) is 3.91. The quantitative estimate of drug-likeness (QED) is 0.874. The minimum absolute atomic E-state index is 0.378. The number of carboxylic acid groups (broad SMARTS) is 1. The van der Waals surface area contributed by atoms with Gasteiger partial charge in [-0.05, 0) is 47.0 Å². The van der Waals surface area contributed by atoms with Crippen LogP contribution in [-0.4, -0.2) is 17.1 Å². The Kier molecular flexibility index (Phi) is 4.93. The Bertz CT molecular complexity index is 423. The Balaban J connectivity index is 2.93. The van der Waals surface area contributed by atoms with Crippen molar-refractivity contribution in [1.82, 2.24) is 0 Å². The van der Waals surface area contributed by atoms with Crippen LogP contribution in [0.4, 0.5) is 10.1 Å². The summed E-state index contributed by atoms with van der Waals surface area (Å²) in [6.07, 6.45) is 1.26. The fraction of sp³-hybridized carbons (Fsp3) is 0.417. The molecule has 0 aliphatic rings. The van der Waals surface area contributed by atoms with Gasteiger partial charge in [0.1, 0.15) is 11.9 Å². The summed E-state index contributed by atoms with van der Waals surface area (Å²) in [5, 5.41) is 11.9. The van der Waals surface area contributed by atoms with Crippen LogP contribution < -0.4 is 5.32 Å². The third-order valence-corrected chi connectivity index (χ3v) is 3.08. The number of anilines is 1. The Morgan fingerprint density at radius 2 is 2.24 bits per heavy atom. The molecule has 0 bridgehead atoms. The largest absolute Gasteiger partial charge is 0.480 e.